The Morgan fingerprint density at radius 1 is 1.13 bits per heavy atom. The predicted octanol–water partition coefficient (Wildman–Crippen LogP) is 1.42. The number of rotatable bonds is 7. The minimum absolute atomic E-state index is 0.00618. The lowest BCUT2D eigenvalue weighted by Crippen LogP contribution is -2.60. The van der Waals surface area contributed by atoms with Gasteiger partial charge in [-0.05, 0) is 62.4 Å². The van der Waals surface area contributed by atoms with Gasteiger partial charge in [0.25, 0.3) is 5.56 Å². The third kappa shape index (κ3) is 5.22. The van der Waals surface area contributed by atoms with Gasteiger partial charge in [0.2, 0.25) is 21.8 Å². The fourth-order valence-corrected chi connectivity index (χ4v) is 7.67. The van der Waals surface area contributed by atoms with Crippen molar-refractivity contribution >= 4 is 33.2 Å². The summed E-state index contributed by atoms with van der Waals surface area (Å²) in [4.78, 5) is 40.3. The molecular formula is C27H35N5O5S. The van der Waals surface area contributed by atoms with Gasteiger partial charge in [0.15, 0.2) is 0 Å². The summed E-state index contributed by atoms with van der Waals surface area (Å²) in [6.07, 6.45) is 1.34. The van der Waals surface area contributed by atoms with Crippen LogP contribution in [0.1, 0.15) is 44.4 Å². The third-order valence-electron chi connectivity index (χ3n) is 7.70. The quantitative estimate of drug-likeness (QED) is 0.486. The highest BCUT2D eigenvalue weighted by Crippen LogP contribution is 2.48. The fourth-order valence-electron chi connectivity index (χ4n) is 6.46. The first-order chi connectivity index (χ1) is 18.0. The van der Waals surface area contributed by atoms with Crippen molar-refractivity contribution < 1.29 is 18.0 Å². The number of nitrogens with zero attached hydrogens (tertiary/aromatic N) is 2. The second-order valence-electron chi connectivity index (χ2n) is 11.0. The highest BCUT2D eigenvalue weighted by Gasteiger charge is 2.49. The van der Waals surface area contributed by atoms with Crippen molar-refractivity contribution in [3.63, 3.8) is 0 Å². The molecule has 2 bridgehead atoms. The number of fused-ring (bicyclic) bond motifs is 8. The molecule has 4 heterocycles. The Kier molecular flexibility index (Phi) is 7.08. The number of hydrogen-bond donors (Lipinski definition) is 3. The van der Waals surface area contributed by atoms with E-state index in [2.05, 4.69) is 20.3 Å². The molecule has 3 aliphatic heterocycles. The maximum atomic E-state index is 13.7. The highest BCUT2D eigenvalue weighted by atomic mass is 32.2. The molecule has 3 aliphatic rings. The Balaban J connectivity index is 1.48. The maximum absolute atomic E-state index is 13.7. The molecule has 1 aromatic heterocycles. The molecule has 1 fully saturated rings. The fraction of sp³-hybridized carbons (Fsp3) is 0.519. The first-order valence-electron chi connectivity index (χ1n) is 13.2. The molecule has 0 saturated carbocycles. The van der Waals surface area contributed by atoms with Crippen molar-refractivity contribution in [2.24, 2.45) is 11.8 Å². The van der Waals surface area contributed by atoms with E-state index < -0.39 is 15.9 Å². The molecule has 204 valence electrons. The number of piperidine rings is 1. The van der Waals surface area contributed by atoms with Crippen LogP contribution in [0.3, 0.4) is 0 Å². The summed E-state index contributed by atoms with van der Waals surface area (Å²) in [5, 5.41) is 5.71. The zero-order valence-electron chi connectivity index (χ0n) is 21.9. The number of amides is 2. The van der Waals surface area contributed by atoms with Gasteiger partial charge in [0.05, 0.1) is 11.7 Å². The molecule has 11 heteroatoms. The van der Waals surface area contributed by atoms with E-state index in [1.807, 2.05) is 28.8 Å². The second kappa shape index (κ2) is 10.2. The maximum Gasteiger partial charge on any atom is 0.250 e. The van der Waals surface area contributed by atoms with Gasteiger partial charge in [-0.1, -0.05) is 6.07 Å². The van der Waals surface area contributed by atoms with Crippen molar-refractivity contribution in [2.75, 3.05) is 29.1 Å². The molecule has 2 aromatic rings. The van der Waals surface area contributed by atoms with Crippen LogP contribution in [-0.2, 0) is 32.6 Å². The predicted molar refractivity (Wildman–Crippen MR) is 146 cm³/mol. The van der Waals surface area contributed by atoms with Gasteiger partial charge >= 0.3 is 0 Å². The monoisotopic (exact) mass is 541 g/mol. The summed E-state index contributed by atoms with van der Waals surface area (Å²) in [5.41, 5.74) is 3.60. The van der Waals surface area contributed by atoms with Crippen LogP contribution in [0.15, 0.2) is 41.2 Å². The molecule has 0 aliphatic carbocycles. The topological polar surface area (TPSA) is 130 Å². The van der Waals surface area contributed by atoms with Crippen molar-refractivity contribution in [1.82, 2.24) is 14.6 Å². The lowest BCUT2D eigenvalue weighted by atomic mass is 9.69. The summed E-state index contributed by atoms with van der Waals surface area (Å²) in [5.74, 6) is -0.778. The zero-order valence-corrected chi connectivity index (χ0v) is 22.8. The summed E-state index contributed by atoms with van der Waals surface area (Å²) >= 11 is 0. The number of carbonyl (C=O) groups is 2. The number of sulfonamides is 1. The van der Waals surface area contributed by atoms with Crippen LogP contribution in [0, 0.1) is 11.8 Å². The van der Waals surface area contributed by atoms with Crippen LogP contribution in [-0.4, -0.2) is 55.7 Å². The van der Waals surface area contributed by atoms with Crippen LogP contribution in [0.25, 0.3) is 0 Å². The van der Waals surface area contributed by atoms with Gasteiger partial charge in [0, 0.05) is 67.7 Å². The van der Waals surface area contributed by atoms with E-state index in [1.165, 1.54) is 6.92 Å². The lowest BCUT2D eigenvalue weighted by Gasteiger charge is -2.54. The van der Waals surface area contributed by atoms with E-state index in [9.17, 15) is 22.8 Å². The van der Waals surface area contributed by atoms with E-state index in [0.29, 0.717) is 25.2 Å². The number of pyridine rings is 1. The summed E-state index contributed by atoms with van der Waals surface area (Å²) in [6, 6.07) is 10.8. The molecule has 2 amide bonds. The first-order valence-corrected chi connectivity index (χ1v) is 14.8. The summed E-state index contributed by atoms with van der Waals surface area (Å²) in [7, 11) is -3.51. The molecule has 0 radical (unpaired) electrons. The third-order valence-corrected chi connectivity index (χ3v) is 9.27. The minimum atomic E-state index is -3.51. The molecule has 10 nitrogen and oxygen atoms in total. The number of aromatic nitrogens is 1. The van der Waals surface area contributed by atoms with E-state index >= 15 is 0 Å². The molecular weight excluding hydrogens is 506 g/mol. The number of anilines is 2. The van der Waals surface area contributed by atoms with E-state index in [0.717, 1.165) is 23.4 Å². The molecule has 1 aromatic carbocycles. The second-order valence-corrected chi connectivity index (χ2v) is 12.8. The standard InChI is InChI=1S/C27H35N5O5S/c1-16(2)30-38(36,37)10-9-28-27(35)22-13-19-12-20(29-17(3)33)7-8-23(19)32-15-18-11-21(26(22)32)24-5-4-6-25(34)31(24)14-18/h4-8,12,16,18,21-22,26,30H,9-11,13-15H2,1-3H3,(H,28,35)(H,29,33). The Labute approximate surface area is 222 Å². The number of hydrogen-bond acceptors (Lipinski definition) is 6. The van der Waals surface area contributed by atoms with Gasteiger partial charge in [0.1, 0.15) is 0 Å². The van der Waals surface area contributed by atoms with Crippen LogP contribution in [0.2, 0.25) is 0 Å². The van der Waals surface area contributed by atoms with Gasteiger partial charge in [-0.15, -0.1) is 0 Å². The van der Waals surface area contributed by atoms with Gasteiger partial charge in [-0.2, -0.15) is 0 Å². The van der Waals surface area contributed by atoms with E-state index in [4.69, 9.17) is 0 Å². The minimum Gasteiger partial charge on any atom is -0.366 e. The van der Waals surface area contributed by atoms with Crippen molar-refractivity contribution in [2.45, 2.75) is 58.2 Å². The van der Waals surface area contributed by atoms with Crippen LogP contribution in [0.4, 0.5) is 11.4 Å². The summed E-state index contributed by atoms with van der Waals surface area (Å²) in [6.45, 7) is 6.33. The average Bonchev–Trinajstić information content (AvgIpc) is 2.82. The lowest BCUT2D eigenvalue weighted by molar-refractivity contribution is -0.126. The number of benzene rings is 1. The highest BCUT2D eigenvalue weighted by molar-refractivity contribution is 7.89. The largest absolute Gasteiger partial charge is 0.366 e. The molecule has 4 atom stereocenters. The van der Waals surface area contributed by atoms with Crippen LogP contribution < -0.4 is 25.8 Å². The molecule has 5 rings (SSSR count). The molecule has 4 unspecified atom stereocenters. The first kappa shape index (κ1) is 26.4. The van der Waals surface area contributed by atoms with Crippen LogP contribution >= 0.6 is 0 Å². The Hall–Kier alpha value is -3.18. The normalized spacial score (nSPS) is 23.7. The van der Waals surface area contributed by atoms with Crippen LogP contribution in [0.5, 0.6) is 0 Å². The van der Waals surface area contributed by atoms with Crippen molar-refractivity contribution in [1.29, 1.82) is 0 Å². The molecule has 3 N–H and O–H groups in total. The Morgan fingerprint density at radius 3 is 2.66 bits per heavy atom. The molecule has 1 saturated heterocycles. The van der Waals surface area contributed by atoms with Crippen molar-refractivity contribution in [3.05, 3.63) is 58.0 Å². The average molecular weight is 542 g/mol. The van der Waals surface area contributed by atoms with E-state index in [-0.39, 0.29) is 53.6 Å². The Morgan fingerprint density at radius 2 is 1.92 bits per heavy atom. The smallest absolute Gasteiger partial charge is 0.250 e. The SMILES string of the molecule is CC(=O)Nc1ccc2c(c1)CC(C(=O)NCCS(=O)(=O)NC(C)C)C1C3CC(CN21)Cn1c3cccc1=O. The molecule has 38 heavy (non-hydrogen) atoms. The van der Waals surface area contributed by atoms with E-state index in [1.54, 1.807) is 26.0 Å². The van der Waals surface area contributed by atoms with Gasteiger partial charge < -0.3 is 20.1 Å². The Bertz CT molecular complexity index is 1420. The number of carbonyl (C=O) groups excluding carboxylic acids is 2. The zero-order chi connectivity index (χ0) is 27.2. The van der Waals surface area contributed by atoms with Gasteiger partial charge in [-0.3, -0.25) is 14.4 Å². The summed E-state index contributed by atoms with van der Waals surface area (Å²) < 4.78 is 29.0. The molecule has 0 spiro atoms. The van der Waals surface area contributed by atoms with Crippen molar-refractivity contribution in [3.8, 4) is 0 Å². The number of nitrogens with one attached hydrogen (secondary N) is 3. The van der Waals surface area contributed by atoms with Gasteiger partial charge in [-0.25, -0.2) is 13.1 Å².